The van der Waals surface area contributed by atoms with Gasteiger partial charge >= 0.3 is 0 Å². The maximum atomic E-state index is 12.7. The van der Waals surface area contributed by atoms with Gasteiger partial charge in [0.2, 0.25) is 0 Å². The molecule has 136 valence electrons. The van der Waals surface area contributed by atoms with Crippen LogP contribution in [0.5, 0.6) is 0 Å². The van der Waals surface area contributed by atoms with Crippen molar-refractivity contribution in [1.82, 2.24) is 0 Å². The van der Waals surface area contributed by atoms with Crippen LogP contribution in [0.15, 0.2) is 23.3 Å². The van der Waals surface area contributed by atoms with Gasteiger partial charge in [-0.1, -0.05) is 76.4 Å². The van der Waals surface area contributed by atoms with Crippen LogP contribution in [0.3, 0.4) is 0 Å². The van der Waals surface area contributed by atoms with Crippen LogP contribution in [0.2, 0.25) is 0 Å². The van der Waals surface area contributed by atoms with Crippen LogP contribution in [0.1, 0.15) is 104 Å². The number of carbonyl (C=O) groups excluding carboxylic acids is 1. The third-order valence-electron chi connectivity index (χ3n) is 5.99. The highest BCUT2D eigenvalue weighted by Gasteiger charge is 2.20. The van der Waals surface area contributed by atoms with Crippen LogP contribution in [0, 0.1) is 11.8 Å². The molecule has 0 aromatic heterocycles. The number of allylic oxidation sites excluding steroid dienone is 4. The lowest BCUT2D eigenvalue weighted by atomic mass is 9.80. The lowest BCUT2D eigenvalue weighted by molar-refractivity contribution is -0.110. The second kappa shape index (κ2) is 10.9. The zero-order chi connectivity index (χ0) is 17.2. The lowest BCUT2D eigenvalue weighted by Gasteiger charge is -2.25. The topological polar surface area (TPSA) is 17.1 Å². The highest BCUT2D eigenvalue weighted by molar-refractivity contribution is 6.00. The summed E-state index contributed by atoms with van der Waals surface area (Å²) in [5, 5.41) is 0. The Morgan fingerprint density at radius 3 is 1.42 bits per heavy atom. The first-order valence-electron chi connectivity index (χ1n) is 10.7. The van der Waals surface area contributed by atoms with Gasteiger partial charge in [0, 0.05) is 0 Å². The third-order valence-corrected chi connectivity index (χ3v) is 5.99. The molecule has 0 aromatic carbocycles. The van der Waals surface area contributed by atoms with E-state index in [0.717, 1.165) is 25.7 Å². The van der Waals surface area contributed by atoms with Crippen LogP contribution in [0.4, 0.5) is 0 Å². The van der Waals surface area contributed by atoms with Gasteiger partial charge in [-0.05, 0) is 62.5 Å². The summed E-state index contributed by atoms with van der Waals surface area (Å²) in [5.74, 6) is 1.64. The Bertz CT molecular complexity index is 391. The van der Waals surface area contributed by atoms with Gasteiger partial charge in [0.1, 0.15) is 0 Å². The minimum absolute atomic E-state index is 0.276. The number of ketones is 1. The van der Waals surface area contributed by atoms with Gasteiger partial charge in [0.05, 0.1) is 0 Å². The van der Waals surface area contributed by atoms with Crippen LogP contribution < -0.4 is 0 Å². The first-order chi connectivity index (χ1) is 11.7. The molecule has 24 heavy (non-hydrogen) atoms. The maximum Gasteiger partial charge on any atom is 0.178 e. The van der Waals surface area contributed by atoms with E-state index in [1.165, 1.54) is 75.4 Å². The predicted octanol–water partition coefficient (Wildman–Crippen LogP) is 7.17. The van der Waals surface area contributed by atoms with Gasteiger partial charge in [-0.15, -0.1) is 0 Å². The molecule has 2 saturated carbocycles. The summed E-state index contributed by atoms with van der Waals surface area (Å²) in [6.07, 6.45) is 21.9. The van der Waals surface area contributed by atoms with Crippen molar-refractivity contribution in [2.75, 3.05) is 0 Å². The summed E-state index contributed by atoms with van der Waals surface area (Å²) in [6.45, 7) is 4.48. The first kappa shape index (κ1) is 19.5. The smallest absolute Gasteiger partial charge is 0.178 e. The van der Waals surface area contributed by atoms with Crippen molar-refractivity contribution in [2.24, 2.45) is 11.8 Å². The summed E-state index contributed by atoms with van der Waals surface area (Å²) < 4.78 is 0. The average Bonchev–Trinajstić information content (AvgIpc) is 2.62. The molecule has 0 amide bonds. The zero-order valence-corrected chi connectivity index (χ0v) is 16.1. The molecular weight excluding hydrogens is 292 g/mol. The molecule has 0 N–H and O–H groups in total. The van der Waals surface area contributed by atoms with Gasteiger partial charge in [0.15, 0.2) is 5.78 Å². The van der Waals surface area contributed by atoms with Gasteiger partial charge in [-0.2, -0.15) is 0 Å². The molecule has 0 unspecified atom stereocenters. The van der Waals surface area contributed by atoms with Crippen LogP contribution in [0.25, 0.3) is 0 Å². The van der Waals surface area contributed by atoms with Gasteiger partial charge in [-0.3, -0.25) is 4.79 Å². The second-order valence-electron chi connectivity index (χ2n) is 8.01. The third kappa shape index (κ3) is 6.22. The molecule has 2 rings (SSSR count). The van der Waals surface area contributed by atoms with Crippen LogP contribution >= 0.6 is 0 Å². The Hall–Kier alpha value is -0.850. The van der Waals surface area contributed by atoms with E-state index < -0.39 is 0 Å². The fraction of sp³-hybridized carbons (Fsp3) is 0.783. The Balaban J connectivity index is 2.09. The van der Waals surface area contributed by atoms with E-state index in [9.17, 15) is 4.79 Å². The van der Waals surface area contributed by atoms with Gasteiger partial charge in [0.25, 0.3) is 0 Å². The summed E-state index contributed by atoms with van der Waals surface area (Å²) in [4.78, 5) is 12.7. The summed E-state index contributed by atoms with van der Waals surface area (Å²) in [7, 11) is 0. The molecule has 2 fully saturated rings. The van der Waals surface area contributed by atoms with E-state index in [0.29, 0.717) is 11.8 Å². The standard InChI is InChI=1S/C23H38O/c1-3-11-21(19-13-7-5-8-14-19)17-23(24)18-22(12-4-2)20-15-9-6-10-16-20/h17-20H,3-16H2,1-2H3. The van der Waals surface area contributed by atoms with Gasteiger partial charge in [-0.25, -0.2) is 0 Å². The Morgan fingerprint density at radius 2 is 1.08 bits per heavy atom. The van der Waals surface area contributed by atoms with E-state index in [-0.39, 0.29) is 5.78 Å². The molecule has 0 heterocycles. The summed E-state index contributed by atoms with van der Waals surface area (Å²) in [6, 6.07) is 0. The molecule has 1 heteroatoms. The highest BCUT2D eigenvalue weighted by Crippen LogP contribution is 2.33. The number of hydrogen-bond acceptors (Lipinski definition) is 1. The Labute approximate surface area is 150 Å². The summed E-state index contributed by atoms with van der Waals surface area (Å²) >= 11 is 0. The van der Waals surface area contributed by atoms with Crippen molar-refractivity contribution in [3.8, 4) is 0 Å². The van der Waals surface area contributed by atoms with Crippen molar-refractivity contribution in [2.45, 2.75) is 104 Å². The minimum atomic E-state index is 0.276. The van der Waals surface area contributed by atoms with Crippen molar-refractivity contribution in [3.05, 3.63) is 23.3 Å². The molecule has 0 radical (unpaired) electrons. The first-order valence-corrected chi connectivity index (χ1v) is 10.7. The summed E-state index contributed by atoms with van der Waals surface area (Å²) in [5.41, 5.74) is 2.89. The molecule has 1 nitrogen and oxygen atoms in total. The molecule has 0 aromatic rings. The SMILES string of the molecule is CCCC(=CC(=O)C=C(CCC)C1CCCCC1)C1CCCCC1. The predicted molar refractivity (Wildman–Crippen MR) is 104 cm³/mol. The second-order valence-corrected chi connectivity index (χ2v) is 8.01. The lowest BCUT2D eigenvalue weighted by Crippen LogP contribution is -2.12. The monoisotopic (exact) mass is 330 g/mol. The molecule has 0 atom stereocenters. The van der Waals surface area contributed by atoms with E-state index in [1.54, 1.807) is 0 Å². The van der Waals surface area contributed by atoms with E-state index >= 15 is 0 Å². The molecule has 0 aliphatic heterocycles. The zero-order valence-electron chi connectivity index (χ0n) is 16.1. The van der Waals surface area contributed by atoms with E-state index in [1.807, 2.05) is 12.2 Å². The van der Waals surface area contributed by atoms with Gasteiger partial charge < -0.3 is 0 Å². The number of rotatable bonds is 8. The molecule has 2 aliphatic carbocycles. The molecular formula is C23H38O. The van der Waals surface area contributed by atoms with Crippen molar-refractivity contribution in [3.63, 3.8) is 0 Å². The Kier molecular flexibility index (Phi) is 8.84. The number of hydrogen-bond donors (Lipinski definition) is 0. The molecule has 0 saturated heterocycles. The van der Waals surface area contributed by atoms with E-state index in [2.05, 4.69) is 13.8 Å². The molecule has 0 bridgehead atoms. The van der Waals surface area contributed by atoms with E-state index in [4.69, 9.17) is 0 Å². The maximum absolute atomic E-state index is 12.7. The minimum Gasteiger partial charge on any atom is -0.290 e. The molecule has 2 aliphatic rings. The van der Waals surface area contributed by atoms with Crippen molar-refractivity contribution >= 4 is 5.78 Å². The fourth-order valence-electron chi connectivity index (χ4n) is 4.72. The largest absolute Gasteiger partial charge is 0.290 e. The average molecular weight is 331 g/mol. The van der Waals surface area contributed by atoms with Crippen molar-refractivity contribution in [1.29, 1.82) is 0 Å². The van der Waals surface area contributed by atoms with Crippen molar-refractivity contribution < 1.29 is 4.79 Å². The highest BCUT2D eigenvalue weighted by atomic mass is 16.1. The quantitative estimate of drug-likeness (QED) is 0.431. The Morgan fingerprint density at radius 1 is 0.708 bits per heavy atom. The fourth-order valence-corrected chi connectivity index (χ4v) is 4.72. The van der Waals surface area contributed by atoms with Crippen LogP contribution in [-0.2, 0) is 4.79 Å². The normalized spacial score (nSPS) is 21.9. The molecule has 0 spiro atoms. The number of carbonyl (C=O) groups is 1. The van der Waals surface area contributed by atoms with Crippen LogP contribution in [-0.4, -0.2) is 5.78 Å².